The molecule has 1 amide bonds. The Morgan fingerprint density at radius 1 is 1.53 bits per heavy atom. The van der Waals surface area contributed by atoms with E-state index in [0.717, 1.165) is 0 Å². The molecule has 1 aliphatic heterocycles. The molecule has 1 aromatic rings. The van der Waals surface area contributed by atoms with Gasteiger partial charge < -0.3 is 20.2 Å². The molecule has 2 rings (SSSR count). The molecule has 1 aromatic heterocycles. The minimum Gasteiger partial charge on any atom is -0.480 e. The number of carboxylic acids is 1. The van der Waals surface area contributed by atoms with E-state index < -0.39 is 12.0 Å². The van der Waals surface area contributed by atoms with Gasteiger partial charge in [-0.1, -0.05) is 0 Å². The van der Waals surface area contributed by atoms with E-state index in [-0.39, 0.29) is 18.2 Å². The molecular formula is C11H14N2O4. The van der Waals surface area contributed by atoms with Crippen molar-refractivity contribution in [3.63, 3.8) is 0 Å². The van der Waals surface area contributed by atoms with Crippen molar-refractivity contribution in [1.29, 1.82) is 0 Å². The average Bonchev–Trinajstić information content (AvgIpc) is 2.97. The third kappa shape index (κ3) is 2.16. The fourth-order valence-electron chi connectivity index (χ4n) is 2.01. The van der Waals surface area contributed by atoms with Crippen LogP contribution >= 0.6 is 0 Å². The van der Waals surface area contributed by atoms with E-state index in [1.54, 1.807) is 6.07 Å². The Balaban J connectivity index is 2.16. The van der Waals surface area contributed by atoms with Gasteiger partial charge in [0.25, 0.3) is 5.91 Å². The highest BCUT2D eigenvalue weighted by Gasteiger charge is 2.35. The number of rotatable bonds is 3. The molecule has 0 aromatic carbocycles. The molecule has 1 aliphatic rings. The highest BCUT2D eigenvalue weighted by molar-refractivity contribution is 5.94. The van der Waals surface area contributed by atoms with Gasteiger partial charge in [0.05, 0.1) is 6.54 Å². The van der Waals surface area contributed by atoms with Crippen LogP contribution in [0, 0.1) is 0 Å². The molecule has 1 saturated heterocycles. The van der Waals surface area contributed by atoms with E-state index in [1.807, 2.05) is 0 Å². The number of nitrogens with zero attached hydrogens (tertiary/aromatic N) is 1. The monoisotopic (exact) mass is 238 g/mol. The summed E-state index contributed by atoms with van der Waals surface area (Å²) in [4.78, 5) is 24.3. The lowest BCUT2D eigenvalue weighted by Crippen LogP contribution is -2.40. The number of carbonyl (C=O) groups is 2. The quantitative estimate of drug-likeness (QED) is 0.795. The summed E-state index contributed by atoms with van der Waals surface area (Å²) in [6.07, 6.45) is 1.19. The SMILES string of the molecule is NCc1ccc(C(=O)N2CCC[C@@H]2C(=O)O)o1. The van der Waals surface area contributed by atoms with Crippen molar-refractivity contribution in [3.05, 3.63) is 23.7 Å². The second-order valence-corrected chi connectivity index (χ2v) is 3.96. The first-order chi connectivity index (χ1) is 8.13. The third-order valence-electron chi connectivity index (χ3n) is 2.87. The van der Waals surface area contributed by atoms with Crippen LogP contribution in [0.4, 0.5) is 0 Å². The van der Waals surface area contributed by atoms with Gasteiger partial charge in [0, 0.05) is 6.54 Å². The van der Waals surface area contributed by atoms with E-state index in [0.29, 0.717) is 25.1 Å². The van der Waals surface area contributed by atoms with Crippen LogP contribution in [0.3, 0.4) is 0 Å². The largest absolute Gasteiger partial charge is 0.480 e. The Labute approximate surface area is 98.0 Å². The Morgan fingerprint density at radius 3 is 2.88 bits per heavy atom. The molecule has 2 heterocycles. The lowest BCUT2D eigenvalue weighted by atomic mass is 10.2. The first-order valence-electron chi connectivity index (χ1n) is 5.46. The van der Waals surface area contributed by atoms with Crippen LogP contribution in [0.5, 0.6) is 0 Å². The van der Waals surface area contributed by atoms with Gasteiger partial charge in [-0.25, -0.2) is 4.79 Å². The Kier molecular flexibility index (Phi) is 3.14. The predicted octanol–water partition coefficient (Wildman–Crippen LogP) is 0.427. The molecule has 0 saturated carbocycles. The van der Waals surface area contributed by atoms with Gasteiger partial charge in [-0.2, -0.15) is 0 Å². The lowest BCUT2D eigenvalue weighted by molar-refractivity contribution is -0.141. The zero-order chi connectivity index (χ0) is 12.4. The van der Waals surface area contributed by atoms with Crippen molar-refractivity contribution in [2.75, 3.05) is 6.54 Å². The number of hydrogen-bond acceptors (Lipinski definition) is 4. The molecule has 0 bridgehead atoms. The van der Waals surface area contributed by atoms with Crippen LogP contribution in [-0.4, -0.2) is 34.5 Å². The van der Waals surface area contributed by atoms with Gasteiger partial charge in [0.2, 0.25) is 0 Å². The molecule has 1 atom stereocenters. The van der Waals surface area contributed by atoms with Crippen molar-refractivity contribution in [2.45, 2.75) is 25.4 Å². The topological polar surface area (TPSA) is 96.8 Å². The highest BCUT2D eigenvalue weighted by atomic mass is 16.4. The molecule has 3 N–H and O–H groups in total. The number of amides is 1. The number of carbonyl (C=O) groups excluding carboxylic acids is 1. The summed E-state index contributed by atoms with van der Waals surface area (Å²) in [7, 11) is 0. The fourth-order valence-corrected chi connectivity index (χ4v) is 2.01. The number of aliphatic carboxylic acids is 1. The number of carboxylic acid groups (broad SMARTS) is 1. The zero-order valence-electron chi connectivity index (χ0n) is 9.26. The van der Waals surface area contributed by atoms with E-state index >= 15 is 0 Å². The van der Waals surface area contributed by atoms with E-state index in [4.69, 9.17) is 15.3 Å². The summed E-state index contributed by atoms with van der Waals surface area (Å²) in [6, 6.07) is 2.41. The van der Waals surface area contributed by atoms with Crippen molar-refractivity contribution >= 4 is 11.9 Å². The minimum absolute atomic E-state index is 0.151. The van der Waals surface area contributed by atoms with Crippen LogP contribution in [-0.2, 0) is 11.3 Å². The second-order valence-electron chi connectivity index (χ2n) is 3.96. The molecule has 0 radical (unpaired) electrons. The molecular weight excluding hydrogens is 224 g/mol. The average molecular weight is 238 g/mol. The molecule has 0 spiro atoms. The van der Waals surface area contributed by atoms with Gasteiger partial charge in [-0.3, -0.25) is 4.79 Å². The minimum atomic E-state index is -0.971. The predicted molar refractivity (Wildman–Crippen MR) is 58.3 cm³/mol. The summed E-state index contributed by atoms with van der Waals surface area (Å²) in [5.74, 6) is -0.686. The van der Waals surface area contributed by atoms with Gasteiger partial charge >= 0.3 is 5.97 Å². The lowest BCUT2D eigenvalue weighted by Gasteiger charge is -2.19. The second kappa shape index (κ2) is 4.58. The summed E-state index contributed by atoms with van der Waals surface area (Å²) >= 11 is 0. The van der Waals surface area contributed by atoms with Gasteiger partial charge in [-0.05, 0) is 25.0 Å². The number of hydrogen-bond donors (Lipinski definition) is 2. The van der Waals surface area contributed by atoms with Gasteiger partial charge in [-0.15, -0.1) is 0 Å². The van der Waals surface area contributed by atoms with Crippen LogP contribution in [0.25, 0.3) is 0 Å². The molecule has 6 nitrogen and oxygen atoms in total. The fraction of sp³-hybridized carbons (Fsp3) is 0.455. The maximum absolute atomic E-state index is 12.0. The first kappa shape index (κ1) is 11.7. The Morgan fingerprint density at radius 2 is 2.29 bits per heavy atom. The maximum Gasteiger partial charge on any atom is 0.326 e. The molecule has 0 aliphatic carbocycles. The van der Waals surface area contributed by atoms with Crippen molar-refractivity contribution in [3.8, 4) is 0 Å². The molecule has 92 valence electrons. The summed E-state index contributed by atoms with van der Waals surface area (Å²) in [5.41, 5.74) is 5.38. The maximum atomic E-state index is 12.0. The van der Waals surface area contributed by atoms with Gasteiger partial charge in [0.1, 0.15) is 11.8 Å². The van der Waals surface area contributed by atoms with Crippen molar-refractivity contribution < 1.29 is 19.1 Å². The molecule has 17 heavy (non-hydrogen) atoms. The van der Waals surface area contributed by atoms with Crippen molar-refractivity contribution in [1.82, 2.24) is 4.90 Å². The van der Waals surface area contributed by atoms with Crippen molar-refractivity contribution in [2.24, 2.45) is 5.73 Å². The zero-order valence-corrected chi connectivity index (χ0v) is 9.26. The molecule has 1 fully saturated rings. The smallest absolute Gasteiger partial charge is 0.326 e. The summed E-state index contributed by atoms with van der Waals surface area (Å²) in [6.45, 7) is 0.671. The first-order valence-corrected chi connectivity index (χ1v) is 5.46. The van der Waals surface area contributed by atoms with E-state index in [1.165, 1.54) is 11.0 Å². The van der Waals surface area contributed by atoms with E-state index in [9.17, 15) is 9.59 Å². The normalized spacial score (nSPS) is 19.6. The number of likely N-dealkylation sites (tertiary alicyclic amines) is 1. The highest BCUT2D eigenvalue weighted by Crippen LogP contribution is 2.21. The van der Waals surface area contributed by atoms with Gasteiger partial charge in [0.15, 0.2) is 5.76 Å². The third-order valence-corrected chi connectivity index (χ3v) is 2.87. The standard InChI is InChI=1S/C11H14N2O4/c12-6-7-3-4-9(17-7)10(14)13-5-1-2-8(13)11(15)16/h3-4,8H,1-2,5-6,12H2,(H,15,16)/t8-/m1/s1. The Hall–Kier alpha value is -1.82. The van der Waals surface area contributed by atoms with Crippen LogP contribution in [0.1, 0.15) is 29.2 Å². The summed E-state index contributed by atoms with van der Waals surface area (Å²) < 4.78 is 5.23. The van der Waals surface area contributed by atoms with Crippen LogP contribution in [0.2, 0.25) is 0 Å². The van der Waals surface area contributed by atoms with E-state index in [2.05, 4.69) is 0 Å². The molecule has 0 unspecified atom stereocenters. The van der Waals surface area contributed by atoms with Crippen LogP contribution in [0.15, 0.2) is 16.5 Å². The Bertz CT molecular complexity index is 440. The number of furan rings is 1. The summed E-state index contributed by atoms with van der Waals surface area (Å²) in [5, 5.41) is 8.99. The molecule has 6 heteroatoms. The number of nitrogens with two attached hydrogens (primary N) is 1. The van der Waals surface area contributed by atoms with Crippen LogP contribution < -0.4 is 5.73 Å².